The maximum Gasteiger partial charge on any atom is 0.128 e. The van der Waals surface area contributed by atoms with Crippen LogP contribution in [0.2, 0.25) is 5.02 Å². The highest BCUT2D eigenvalue weighted by Crippen LogP contribution is 2.34. The Kier molecular flexibility index (Phi) is 4.12. The van der Waals surface area contributed by atoms with Crippen LogP contribution in [0, 0.1) is 0 Å². The Morgan fingerprint density at radius 3 is 2.63 bits per heavy atom. The summed E-state index contributed by atoms with van der Waals surface area (Å²) in [5, 5.41) is 0.585. The molecule has 19 heavy (non-hydrogen) atoms. The number of nitrogens with zero attached hydrogens (tertiary/aromatic N) is 2. The molecule has 1 atom stereocenters. The quantitative estimate of drug-likeness (QED) is 0.679. The second-order valence-corrected chi connectivity index (χ2v) is 6.71. The summed E-state index contributed by atoms with van der Waals surface area (Å²) < 4.78 is 2.26. The minimum Gasteiger partial charge on any atom is -0.321 e. The van der Waals surface area contributed by atoms with E-state index in [1.165, 1.54) is 0 Å². The van der Waals surface area contributed by atoms with Crippen LogP contribution in [0.25, 0.3) is 11.0 Å². The number of benzene rings is 1. The van der Waals surface area contributed by atoms with Crippen molar-refractivity contribution in [3.8, 4) is 0 Å². The fraction of sp³-hybridized carbons (Fsp3) is 0.533. The molecule has 1 unspecified atom stereocenters. The van der Waals surface area contributed by atoms with E-state index >= 15 is 0 Å². The van der Waals surface area contributed by atoms with Crippen molar-refractivity contribution in [3.05, 3.63) is 29.0 Å². The first-order valence-corrected chi connectivity index (χ1v) is 7.50. The first-order chi connectivity index (χ1) is 8.86. The molecule has 1 aromatic carbocycles. The van der Waals surface area contributed by atoms with E-state index < -0.39 is 0 Å². The Morgan fingerprint density at radius 1 is 1.37 bits per heavy atom. The molecular formula is C15H20Cl2N2. The number of fused-ring (bicyclic) bond motifs is 1. The Labute approximate surface area is 124 Å². The Balaban J connectivity index is 2.72. The number of hydrogen-bond acceptors (Lipinski definition) is 1. The lowest BCUT2D eigenvalue weighted by Gasteiger charge is -2.29. The lowest BCUT2D eigenvalue weighted by atomic mass is 9.97. The number of alkyl halides is 1. The van der Waals surface area contributed by atoms with E-state index in [0.717, 1.165) is 29.7 Å². The molecule has 2 aromatic rings. The third kappa shape index (κ3) is 2.75. The van der Waals surface area contributed by atoms with Crippen molar-refractivity contribution < 1.29 is 0 Å². The molecule has 0 saturated heterocycles. The lowest BCUT2D eigenvalue weighted by Crippen LogP contribution is -2.28. The number of hydrogen-bond donors (Lipinski definition) is 0. The van der Waals surface area contributed by atoms with E-state index in [1.54, 1.807) is 0 Å². The summed E-state index contributed by atoms with van der Waals surface area (Å²) in [5.74, 6) is 0.914. The van der Waals surface area contributed by atoms with Gasteiger partial charge in [0.05, 0.1) is 16.4 Å². The summed E-state index contributed by atoms with van der Waals surface area (Å²) in [6, 6.07) is 5.84. The van der Waals surface area contributed by atoms with Gasteiger partial charge in [0.15, 0.2) is 0 Å². The molecule has 0 aliphatic rings. The van der Waals surface area contributed by atoms with Crippen LogP contribution in [0.3, 0.4) is 0 Å². The zero-order valence-corrected chi connectivity index (χ0v) is 13.4. The van der Waals surface area contributed by atoms with Crippen molar-refractivity contribution in [1.82, 2.24) is 9.55 Å². The van der Waals surface area contributed by atoms with Crippen LogP contribution in [0.4, 0.5) is 0 Å². The molecule has 0 bridgehead atoms. The Hall–Kier alpha value is -0.730. The number of rotatable bonds is 4. The highest BCUT2D eigenvalue weighted by atomic mass is 35.5. The van der Waals surface area contributed by atoms with Gasteiger partial charge in [-0.2, -0.15) is 0 Å². The average molecular weight is 299 g/mol. The average Bonchev–Trinajstić information content (AvgIpc) is 2.67. The molecule has 0 aliphatic heterocycles. The fourth-order valence-corrected chi connectivity index (χ4v) is 3.01. The zero-order chi connectivity index (χ0) is 14.2. The molecule has 1 heterocycles. The molecule has 0 radical (unpaired) electrons. The van der Waals surface area contributed by atoms with Crippen molar-refractivity contribution in [2.45, 2.75) is 51.5 Å². The highest BCUT2D eigenvalue weighted by Gasteiger charge is 2.27. The minimum absolute atomic E-state index is 0.00415. The first kappa shape index (κ1) is 14.7. The van der Waals surface area contributed by atoms with E-state index in [2.05, 4.69) is 30.3 Å². The molecule has 104 valence electrons. The summed E-state index contributed by atoms with van der Waals surface area (Å²) >= 11 is 12.4. The summed E-state index contributed by atoms with van der Waals surface area (Å²) in [6.07, 6.45) is 2.20. The van der Waals surface area contributed by atoms with Gasteiger partial charge in [-0.05, 0) is 45.4 Å². The van der Waals surface area contributed by atoms with Gasteiger partial charge in [-0.1, -0.05) is 24.9 Å². The predicted octanol–water partition coefficient (Wildman–Crippen LogP) is 5.52. The van der Waals surface area contributed by atoms with Gasteiger partial charge >= 0.3 is 0 Å². The Morgan fingerprint density at radius 2 is 2.05 bits per heavy atom. The SMILES string of the molecule is CCCC(C)(C)n1c(C(C)Cl)nc2cc(Cl)ccc21. The van der Waals surface area contributed by atoms with Gasteiger partial charge in [0, 0.05) is 10.6 Å². The molecule has 0 fully saturated rings. The molecular weight excluding hydrogens is 279 g/mol. The largest absolute Gasteiger partial charge is 0.321 e. The molecule has 0 amide bonds. The van der Waals surface area contributed by atoms with E-state index in [-0.39, 0.29) is 10.9 Å². The molecule has 0 aliphatic carbocycles. The van der Waals surface area contributed by atoms with Crippen molar-refractivity contribution in [2.24, 2.45) is 0 Å². The summed E-state index contributed by atoms with van der Waals surface area (Å²) in [7, 11) is 0. The second-order valence-electron chi connectivity index (χ2n) is 5.62. The van der Waals surface area contributed by atoms with Gasteiger partial charge in [0.1, 0.15) is 5.82 Å². The topological polar surface area (TPSA) is 17.8 Å². The molecule has 0 spiro atoms. The van der Waals surface area contributed by atoms with Gasteiger partial charge in [0.25, 0.3) is 0 Å². The molecule has 2 nitrogen and oxygen atoms in total. The Bertz CT molecular complexity index is 585. The second kappa shape index (κ2) is 5.34. The number of imidazole rings is 1. The monoisotopic (exact) mass is 298 g/mol. The first-order valence-electron chi connectivity index (χ1n) is 6.69. The van der Waals surface area contributed by atoms with Crippen molar-refractivity contribution in [2.75, 3.05) is 0 Å². The normalized spacial score (nSPS) is 14.0. The smallest absolute Gasteiger partial charge is 0.128 e. The van der Waals surface area contributed by atoms with Crippen LogP contribution in [-0.4, -0.2) is 9.55 Å². The third-order valence-electron chi connectivity index (χ3n) is 3.47. The van der Waals surface area contributed by atoms with Gasteiger partial charge in [-0.15, -0.1) is 11.6 Å². The maximum absolute atomic E-state index is 6.31. The van der Waals surface area contributed by atoms with Gasteiger partial charge in [-0.25, -0.2) is 4.98 Å². The number of aromatic nitrogens is 2. The van der Waals surface area contributed by atoms with Crippen LogP contribution in [0.5, 0.6) is 0 Å². The van der Waals surface area contributed by atoms with Gasteiger partial charge in [0.2, 0.25) is 0 Å². The standard InChI is InChI=1S/C15H20Cl2N2/c1-5-8-15(3,4)19-13-7-6-11(17)9-12(13)18-14(19)10(2)16/h6-7,9-10H,5,8H2,1-4H3. The van der Waals surface area contributed by atoms with Crippen LogP contribution < -0.4 is 0 Å². The fourth-order valence-electron chi connectivity index (χ4n) is 2.70. The van der Waals surface area contributed by atoms with Crippen molar-refractivity contribution in [1.29, 1.82) is 0 Å². The molecule has 4 heteroatoms. The highest BCUT2D eigenvalue weighted by molar-refractivity contribution is 6.31. The summed E-state index contributed by atoms with van der Waals surface area (Å²) in [5.41, 5.74) is 2.01. The molecule has 0 saturated carbocycles. The van der Waals surface area contributed by atoms with Crippen LogP contribution in [0.1, 0.15) is 51.7 Å². The van der Waals surface area contributed by atoms with Gasteiger partial charge < -0.3 is 4.57 Å². The maximum atomic E-state index is 6.31. The molecule has 1 aromatic heterocycles. The van der Waals surface area contributed by atoms with Crippen molar-refractivity contribution in [3.63, 3.8) is 0 Å². The van der Waals surface area contributed by atoms with E-state index in [0.29, 0.717) is 5.02 Å². The van der Waals surface area contributed by atoms with Gasteiger partial charge in [-0.3, -0.25) is 0 Å². The van der Waals surface area contributed by atoms with E-state index in [9.17, 15) is 0 Å². The van der Waals surface area contributed by atoms with Crippen LogP contribution in [0.15, 0.2) is 18.2 Å². The molecule has 2 rings (SSSR count). The van der Waals surface area contributed by atoms with E-state index in [4.69, 9.17) is 23.2 Å². The van der Waals surface area contributed by atoms with Crippen molar-refractivity contribution >= 4 is 34.2 Å². The zero-order valence-electron chi connectivity index (χ0n) is 11.9. The van der Waals surface area contributed by atoms with Crippen LogP contribution >= 0.6 is 23.2 Å². The summed E-state index contributed by atoms with van der Waals surface area (Å²) in [4.78, 5) is 4.67. The molecule has 0 N–H and O–H groups in total. The summed E-state index contributed by atoms with van der Waals surface area (Å²) in [6.45, 7) is 8.62. The predicted molar refractivity (Wildman–Crippen MR) is 83.2 cm³/mol. The third-order valence-corrected chi connectivity index (χ3v) is 3.90. The minimum atomic E-state index is -0.123. The van der Waals surface area contributed by atoms with Crippen LogP contribution in [-0.2, 0) is 5.54 Å². The van der Waals surface area contributed by atoms with E-state index in [1.807, 2.05) is 25.1 Å². The number of halogens is 2. The lowest BCUT2D eigenvalue weighted by molar-refractivity contribution is 0.323.